The van der Waals surface area contributed by atoms with Gasteiger partial charge in [0.25, 0.3) is 0 Å². The first kappa shape index (κ1) is 15.5. The predicted molar refractivity (Wildman–Crippen MR) is 69.1 cm³/mol. The van der Waals surface area contributed by atoms with E-state index in [9.17, 15) is 4.79 Å². The van der Waals surface area contributed by atoms with Crippen molar-refractivity contribution >= 4 is 18.4 Å². The smallest absolute Gasteiger partial charge is 0.315 e. The Morgan fingerprint density at radius 1 is 1.31 bits per heavy atom. The Labute approximate surface area is 104 Å². The van der Waals surface area contributed by atoms with Gasteiger partial charge in [0.2, 0.25) is 0 Å². The van der Waals surface area contributed by atoms with E-state index >= 15 is 0 Å². The molecule has 0 spiro atoms. The molecule has 0 aliphatic carbocycles. The SMILES string of the molecule is CC(C)(C)NC(=O)NCC1CCNCC1.Cl. The summed E-state index contributed by atoms with van der Waals surface area (Å²) in [5, 5.41) is 9.14. The van der Waals surface area contributed by atoms with E-state index in [1.807, 2.05) is 20.8 Å². The first-order chi connectivity index (χ1) is 6.97. The second-order valence-electron chi connectivity index (χ2n) is 5.28. The molecule has 5 heteroatoms. The Kier molecular flexibility index (Phi) is 6.76. The Hall–Kier alpha value is -0.480. The van der Waals surface area contributed by atoms with E-state index in [0.717, 1.165) is 32.5 Å². The molecule has 0 aromatic carbocycles. The van der Waals surface area contributed by atoms with Gasteiger partial charge >= 0.3 is 6.03 Å². The van der Waals surface area contributed by atoms with Crippen LogP contribution < -0.4 is 16.0 Å². The van der Waals surface area contributed by atoms with Crippen LogP contribution in [0.3, 0.4) is 0 Å². The average Bonchev–Trinajstić information content (AvgIpc) is 2.14. The molecule has 2 amide bonds. The summed E-state index contributed by atoms with van der Waals surface area (Å²) in [5.74, 6) is 0.636. The van der Waals surface area contributed by atoms with Crippen LogP contribution in [0.25, 0.3) is 0 Å². The Morgan fingerprint density at radius 2 is 1.88 bits per heavy atom. The number of carbonyl (C=O) groups excluding carboxylic acids is 1. The van der Waals surface area contributed by atoms with Crippen molar-refractivity contribution in [3.63, 3.8) is 0 Å². The minimum Gasteiger partial charge on any atom is -0.338 e. The van der Waals surface area contributed by atoms with Crippen molar-refractivity contribution in [3.05, 3.63) is 0 Å². The largest absolute Gasteiger partial charge is 0.338 e. The molecular formula is C11H24ClN3O. The summed E-state index contributed by atoms with van der Waals surface area (Å²) in [7, 11) is 0. The second-order valence-corrected chi connectivity index (χ2v) is 5.28. The van der Waals surface area contributed by atoms with Gasteiger partial charge in [-0.3, -0.25) is 0 Å². The van der Waals surface area contributed by atoms with Crippen LogP contribution in [0.5, 0.6) is 0 Å². The summed E-state index contributed by atoms with van der Waals surface area (Å²) in [6, 6.07) is -0.0546. The maximum absolute atomic E-state index is 11.5. The maximum Gasteiger partial charge on any atom is 0.315 e. The van der Waals surface area contributed by atoms with Crippen LogP contribution in [0.4, 0.5) is 4.79 Å². The van der Waals surface area contributed by atoms with E-state index in [4.69, 9.17) is 0 Å². The number of nitrogens with one attached hydrogen (secondary N) is 3. The predicted octanol–water partition coefficient (Wildman–Crippen LogP) is 1.51. The molecule has 0 atom stereocenters. The number of rotatable bonds is 2. The third-order valence-corrected chi connectivity index (χ3v) is 2.50. The van der Waals surface area contributed by atoms with Crippen LogP contribution in [0.1, 0.15) is 33.6 Å². The number of hydrogen-bond donors (Lipinski definition) is 3. The number of amides is 2. The molecule has 96 valence electrons. The molecule has 1 aliphatic heterocycles. The molecule has 1 heterocycles. The number of piperidine rings is 1. The molecule has 0 bridgehead atoms. The quantitative estimate of drug-likeness (QED) is 0.695. The highest BCUT2D eigenvalue weighted by molar-refractivity contribution is 5.85. The molecule has 1 saturated heterocycles. The molecule has 16 heavy (non-hydrogen) atoms. The van der Waals surface area contributed by atoms with Gasteiger partial charge in [-0.05, 0) is 52.6 Å². The summed E-state index contributed by atoms with van der Waals surface area (Å²) in [6.45, 7) is 8.90. The summed E-state index contributed by atoms with van der Waals surface area (Å²) in [5.41, 5.74) is -0.155. The fourth-order valence-corrected chi connectivity index (χ4v) is 1.71. The lowest BCUT2D eigenvalue weighted by molar-refractivity contribution is 0.228. The highest BCUT2D eigenvalue weighted by Crippen LogP contribution is 2.09. The molecule has 0 aromatic heterocycles. The molecule has 0 saturated carbocycles. The summed E-state index contributed by atoms with van der Waals surface area (Å²) in [6.07, 6.45) is 2.32. The van der Waals surface area contributed by atoms with Gasteiger partial charge in [-0.15, -0.1) is 12.4 Å². The number of halogens is 1. The van der Waals surface area contributed by atoms with Gasteiger partial charge in [0.15, 0.2) is 0 Å². The zero-order chi connectivity index (χ0) is 11.3. The van der Waals surface area contributed by atoms with E-state index in [-0.39, 0.29) is 24.0 Å². The molecule has 3 N–H and O–H groups in total. The third kappa shape index (κ3) is 6.90. The number of urea groups is 1. The molecule has 0 radical (unpaired) electrons. The minimum absolute atomic E-state index is 0. The van der Waals surface area contributed by atoms with E-state index in [1.54, 1.807) is 0 Å². The van der Waals surface area contributed by atoms with Gasteiger partial charge in [0, 0.05) is 12.1 Å². The summed E-state index contributed by atoms with van der Waals surface area (Å²) < 4.78 is 0. The van der Waals surface area contributed by atoms with Crippen molar-refractivity contribution in [2.24, 2.45) is 5.92 Å². The van der Waals surface area contributed by atoms with Crippen LogP contribution in [-0.2, 0) is 0 Å². The van der Waals surface area contributed by atoms with Gasteiger partial charge in [-0.2, -0.15) is 0 Å². The molecule has 4 nitrogen and oxygen atoms in total. The highest BCUT2D eigenvalue weighted by atomic mass is 35.5. The standard InChI is InChI=1S/C11H23N3O.ClH/c1-11(2,3)14-10(15)13-8-9-4-6-12-7-5-9;/h9,12H,4-8H2,1-3H3,(H2,13,14,15);1H. The lowest BCUT2D eigenvalue weighted by Gasteiger charge is -2.25. The monoisotopic (exact) mass is 249 g/mol. The van der Waals surface area contributed by atoms with Crippen molar-refractivity contribution in [2.75, 3.05) is 19.6 Å². The Morgan fingerprint density at radius 3 is 2.38 bits per heavy atom. The van der Waals surface area contributed by atoms with Crippen LogP contribution in [0.15, 0.2) is 0 Å². The molecule has 1 rings (SSSR count). The van der Waals surface area contributed by atoms with Gasteiger partial charge in [0.1, 0.15) is 0 Å². The lowest BCUT2D eigenvalue weighted by Crippen LogP contribution is -2.48. The van der Waals surface area contributed by atoms with Gasteiger partial charge in [0.05, 0.1) is 0 Å². The normalized spacial score (nSPS) is 17.4. The van der Waals surface area contributed by atoms with Crippen molar-refractivity contribution < 1.29 is 4.79 Å². The molecule has 0 aromatic rings. The van der Waals surface area contributed by atoms with E-state index in [0.29, 0.717) is 5.92 Å². The van der Waals surface area contributed by atoms with Crippen LogP contribution in [0, 0.1) is 5.92 Å². The van der Waals surface area contributed by atoms with Crippen LogP contribution in [-0.4, -0.2) is 31.2 Å². The van der Waals surface area contributed by atoms with Gasteiger partial charge in [-0.25, -0.2) is 4.79 Å². The highest BCUT2D eigenvalue weighted by Gasteiger charge is 2.16. The number of carbonyl (C=O) groups is 1. The third-order valence-electron chi connectivity index (χ3n) is 2.50. The van der Waals surface area contributed by atoms with E-state index in [1.165, 1.54) is 0 Å². The fraction of sp³-hybridized carbons (Fsp3) is 0.909. The first-order valence-corrected chi connectivity index (χ1v) is 5.74. The fourth-order valence-electron chi connectivity index (χ4n) is 1.71. The minimum atomic E-state index is -0.155. The molecule has 1 aliphatic rings. The number of hydrogen-bond acceptors (Lipinski definition) is 2. The maximum atomic E-state index is 11.5. The molecular weight excluding hydrogens is 226 g/mol. The Bertz CT molecular complexity index is 210. The molecule has 1 fully saturated rings. The first-order valence-electron chi connectivity index (χ1n) is 5.74. The van der Waals surface area contributed by atoms with Crippen molar-refractivity contribution in [1.29, 1.82) is 0 Å². The van der Waals surface area contributed by atoms with E-state index < -0.39 is 0 Å². The van der Waals surface area contributed by atoms with Gasteiger partial charge in [-0.1, -0.05) is 0 Å². The summed E-state index contributed by atoms with van der Waals surface area (Å²) in [4.78, 5) is 11.5. The van der Waals surface area contributed by atoms with Crippen LogP contribution >= 0.6 is 12.4 Å². The average molecular weight is 250 g/mol. The van der Waals surface area contributed by atoms with Crippen molar-refractivity contribution in [2.45, 2.75) is 39.2 Å². The zero-order valence-corrected chi connectivity index (χ0v) is 11.2. The van der Waals surface area contributed by atoms with Crippen molar-refractivity contribution in [1.82, 2.24) is 16.0 Å². The second kappa shape index (κ2) is 6.97. The van der Waals surface area contributed by atoms with Gasteiger partial charge < -0.3 is 16.0 Å². The lowest BCUT2D eigenvalue weighted by atomic mass is 9.98. The zero-order valence-electron chi connectivity index (χ0n) is 10.4. The Balaban J connectivity index is 0.00000225. The topological polar surface area (TPSA) is 53.2 Å². The van der Waals surface area contributed by atoms with Crippen molar-refractivity contribution in [3.8, 4) is 0 Å². The summed E-state index contributed by atoms with van der Waals surface area (Å²) >= 11 is 0. The molecule has 0 unspecified atom stereocenters. The van der Waals surface area contributed by atoms with Crippen LogP contribution in [0.2, 0.25) is 0 Å². The van der Waals surface area contributed by atoms with E-state index in [2.05, 4.69) is 16.0 Å².